The van der Waals surface area contributed by atoms with Gasteiger partial charge in [0.2, 0.25) is 0 Å². The molecule has 0 aliphatic rings. The number of fused-ring (bicyclic) bond motifs is 1. The van der Waals surface area contributed by atoms with Gasteiger partial charge in [-0.1, -0.05) is 65.7 Å². The lowest BCUT2D eigenvalue weighted by atomic mass is 10.1. The third-order valence-corrected chi connectivity index (χ3v) is 5.19. The molecule has 5 nitrogen and oxygen atoms in total. The van der Waals surface area contributed by atoms with Crippen LogP contribution in [0.5, 0.6) is 0 Å². The molecule has 4 aromatic rings. The second-order valence-electron chi connectivity index (χ2n) is 6.42. The van der Waals surface area contributed by atoms with Gasteiger partial charge in [-0.2, -0.15) is 5.10 Å². The number of aromatic amines is 1. The zero-order valence-electron chi connectivity index (χ0n) is 15.2. The number of carbonyl (C=O) groups is 1. The average molecular weight is 423 g/mol. The van der Waals surface area contributed by atoms with E-state index in [0.717, 1.165) is 16.9 Å². The fourth-order valence-electron chi connectivity index (χ4n) is 2.92. The van der Waals surface area contributed by atoms with Crippen LogP contribution in [0.2, 0.25) is 10.0 Å². The van der Waals surface area contributed by atoms with Crippen molar-refractivity contribution in [3.63, 3.8) is 0 Å². The maximum Gasteiger partial charge on any atom is 0.271 e. The Morgan fingerprint density at radius 3 is 2.72 bits per heavy atom. The van der Waals surface area contributed by atoms with E-state index >= 15 is 0 Å². The maximum atomic E-state index is 12.4. The van der Waals surface area contributed by atoms with Gasteiger partial charge in [-0.15, -0.1) is 0 Å². The Morgan fingerprint density at radius 2 is 1.90 bits per heavy atom. The first-order valence-electron chi connectivity index (χ1n) is 8.90. The molecule has 3 aromatic carbocycles. The first kappa shape index (κ1) is 19.2. The molecule has 2 N–H and O–H groups in total. The second kappa shape index (κ2) is 8.47. The molecule has 0 spiro atoms. The smallest absolute Gasteiger partial charge is 0.271 e. The minimum atomic E-state index is -0.333. The highest BCUT2D eigenvalue weighted by molar-refractivity contribution is 6.43. The zero-order chi connectivity index (χ0) is 20.2. The van der Waals surface area contributed by atoms with Crippen LogP contribution in [-0.2, 0) is 6.42 Å². The van der Waals surface area contributed by atoms with Gasteiger partial charge in [0.15, 0.2) is 0 Å². The Kier molecular flexibility index (Phi) is 5.60. The number of imidazole rings is 1. The number of nitrogens with one attached hydrogen (secondary N) is 2. The highest BCUT2D eigenvalue weighted by Gasteiger charge is 2.09. The van der Waals surface area contributed by atoms with Crippen LogP contribution in [0.25, 0.3) is 11.0 Å². The van der Waals surface area contributed by atoms with Gasteiger partial charge in [0.25, 0.3) is 5.91 Å². The molecule has 1 heterocycles. The average Bonchev–Trinajstić information content (AvgIpc) is 3.13. The standard InChI is InChI=1S/C22H16Cl2N4O/c23-17-8-4-7-16(21(17)24)13-25-28-22(29)15-9-10-18-19(12-15)27-20(26-18)11-14-5-2-1-3-6-14/h1-10,12-13H,11H2,(H,26,27)(H,28,29)/b25-13-. The van der Waals surface area contributed by atoms with Gasteiger partial charge in [-0.25, -0.2) is 10.4 Å². The molecule has 0 saturated carbocycles. The van der Waals surface area contributed by atoms with Crippen molar-refractivity contribution in [3.05, 3.63) is 99.3 Å². The van der Waals surface area contributed by atoms with Crippen LogP contribution in [0.1, 0.15) is 27.3 Å². The van der Waals surface area contributed by atoms with Crippen molar-refractivity contribution in [2.75, 3.05) is 0 Å². The Bertz CT molecular complexity index is 1200. The first-order valence-corrected chi connectivity index (χ1v) is 9.66. The molecular formula is C22H16Cl2N4O. The molecule has 0 bridgehead atoms. The van der Waals surface area contributed by atoms with E-state index in [1.807, 2.05) is 24.3 Å². The minimum absolute atomic E-state index is 0.333. The highest BCUT2D eigenvalue weighted by atomic mass is 35.5. The number of halogens is 2. The number of carbonyl (C=O) groups excluding carboxylic acids is 1. The molecule has 0 radical (unpaired) electrons. The zero-order valence-corrected chi connectivity index (χ0v) is 16.7. The number of hydrogen-bond donors (Lipinski definition) is 2. The number of benzene rings is 3. The summed E-state index contributed by atoms with van der Waals surface area (Å²) >= 11 is 12.1. The summed E-state index contributed by atoms with van der Waals surface area (Å²) in [6.07, 6.45) is 2.15. The molecule has 1 aromatic heterocycles. The molecule has 0 aliphatic heterocycles. The van der Waals surface area contributed by atoms with Gasteiger partial charge >= 0.3 is 0 Å². The number of amides is 1. The number of rotatable bonds is 5. The van der Waals surface area contributed by atoms with E-state index in [1.165, 1.54) is 11.8 Å². The molecule has 0 atom stereocenters. The monoisotopic (exact) mass is 422 g/mol. The number of hydrogen-bond acceptors (Lipinski definition) is 3. The van der Waals surface area contributed by atoms with Crippen LogP contribution < -0.4 is 5.43 Å². The third kappa shape index (κ3) is 4.47. The van der Waals surface area contributed by atoms with Crippen molar-refractivity contribution in [3.8, 4) is 0 Å². The van der Waals surface area contributed by atoms with Crippen molar-refractivity contribution in [1.29, 1.82) is 0 Å². The van der Waals surface area contributed by atoms with Crippen LogP contribution in [0.15, 0.2) is 71.8 Å². The van der Waals surface area contributed by atoms with Crippen molar-refractivity contribution in [2.24, 2.45) is 5.10 Å². The van der Waals surface area contributed by atoms with Crippen LogP contribution in [-0.4, -0.2) is 22.1 Å². The van der Waals surface area contributed by atoms with E-state index in [0.29, 0.717) is 27.6 Å². The second-order valence-corrected chi connectivity index (χ2v) is 7.21. The van der Waals surface area contributed by atoms with Crippen LogP contribution in [0, 0.1) is 0 Å². The van der Waals surface area contributed by atoms with E-state index in [1.54, 1.807) is 30.3 Å². The molecule has 1 amide bonds. The van der Waals surface area contributed by atoms with E-state index in [2.05, 4.69) is 32.6 Å². The minimum Gasteiger partial charge on any atom is -0.342 e. The van der Waals surface area contributed by atoms with Gasteiger partial charge in [0.05, 0.1) is 27.3 Å². The quantitative estimate of drug-likeness (QED) is 0.341. The normalized spacial score (nSPS) is 11.2. The number of aromatic nitrogens is 2. The fraction of sp³-hybridized carbons (Fsp3) is 0.0455. The van der Waals surface area contributed by atoms with Gasteiger partial charge in [0, 0.05) is 17.5 Å². The molecule has 29 heavy (non-hydrogen) atoms. The van der Waals surface area contributed by atoms with E-state index in [4.69, 9.17) is 23.2 Å². The van der Waals surface area contributed by atoms with E-state index in [9.17, 15) is 4.79 Å². The largest absolute Gasteiger partial charge is 0.342 e. The van der Waals surface area contributed by atoms with Crippen LogP contribution >= 0.6 is 23.2 Å². The Labute approximate surface area is 177 Å². The van der Waals surface area contributed by atoms with Gasteiger partial charge in [0.1, 0.15) is 5.82 Å². The predicted molar refractivity (Wildman–Crippen MR) is 117 cm³/mol. The number of H-pyrrole nitrogens is 1. The van der Waals surface area contributed by atoms with Gasteiger partial charge in [-0.3, -0.25) is 4.79 Å². The summed E-state index contributed by atoms with van der Waals surface area (Å²) < 4.78 is 0. The van der Waals surface area contributed by atoms with E-state index < -0.39 is 0 Å². The molecular weight excluding hydrogens is 407 g/mol. The van der Waals surface area contributed by atoms with E-state index in [-0.39, 0.29) is 5.91 Å². The molecule has 0 saturated heterocycles. The lowest BCUT2D eigenvalue weighted by molar-refractivity contribution is 0.0955. The molecule has 7 heteroatoms. The first-order chi connectivity index (χ1) is 14.1. The Hall–Kier alpha value is -3.15. The van der Waals surface area contributed by atoms with Crippen molar-refractivity contribution in [2.45, 2.75) is 6.42 Å². The SMILES string of the molecule is O=C(N/N=C\c1cccc(Cl)c1Cl)c1ccc2nc(Cc3ccccc3)[nH]c2c1. The lowest BCUT2D eigenvalue weighted by Crippen LogP contribution is -2.17. The summed E-state index contributed by atoms with van der Waals surface area (Å²) in [5.41, 5.74) is 6.36. The summed E-state index contributed by atoms with van der Waals surface area (Å²) in [7, 11) is 0. The van der Waals surface area contributed by atoms with Crippen molar-refractivity contribution >= 4 is 46.4 Å². The van der Waals surface area contributed by atoms with Crippen molar-refractivity contribution < 1.29 is 4.79 Å². The highest BCUT2D eigenvalue weighted by Crippen LogP contribution is 2.24. The topological polar surface area (TPSA) is 70.1 Å². The van der Waals surface area contributed by atoms with Gasteiger partial charge < -0.3 is 4.98 Å². The molecule has 0 unspecified atom stereocenters. The predicted octanol–water partition coefficient (Wildman–Crippen LogP) is 5.22. The lowest BCUT2D eigenvalue weighted by Gasteiger charge is -2.01. The number of nitrogens with zero attached hydrogens (tertiary/aromatic N) is 2. The summed E-state index contributed by atoms with van der Waals surface area (Å²) in [6.45, 7) is 0. The summed E-state index contributed by atoms with van der Waals surface area (Å²) in [6, 6.07) is 20.6. The van der Waals surface area contributed by atoms with Crippen molar-refractivity contribution in [1.82, 2.24) is 15.4 Å². The molecule has 4 rings (SSSR count). The van der Waals surface area contributed by atoms with Gasteiger partial charge in [-0.05, 0) is 29.8 Å². The van der Waals surface area contributed by atoms with Crippen LogP contribution in [0.3, 0.4) is 0 Å². The molecule has 0 fully saturated rings. The fourth-order valence-corrected chi connectivity index (χ4v) is 3.28. The van der Waals surface area contributed by atoms with Crippen LogP contribution in [0.4, 0.5) is 0 Å². The maximum absolute atomic E-state index is 12.4. The number of hydrazone groups is 1. The summed E-state index contributed by atoms with van der Waals surface area (Å²) in [5.74, 6) is 0.512. The molecule has 144 valence electrons. The Balaban J connectivity index is 1.48. The molecule has 0 aliphatic carbocycles. The summed E-state index contributed by atoms with van der Waals surface area (Å²) in [5, 5.41) is 4.78. The third-order valence-electron chi connectivity index (χ3n) is 4.36. The Morgan fingerprint density at radius 1 is 1.07 bits per heavy atom. The summed E-state index contributed by atoms with van der Waals surface area (Å²) in [4.78, 5) is 20.3.